The van der Waals surface area contributed by atoms with Gasteiger partial charge in [0, 0.05) is 87.9 Å². The molecule has 88 heavy (non-hydrogen) atoms. The maximum Gasteiger partial charge on any atom is 0.435 e. The van der Waals surface area contributed by atoms with Crippen molar-refractivity contribution in [3.8, 4) is 11.8 Å². The Balaban J connectivity index is 0.00000481. The number of nitrogens with zero attached hydrogens (tertiary/aromatic N) is 4. The first-order valence-electron chi connectivity index (χ1n) is 31.8. The first-order valence-corrected chi connectivity index (χ1v) is 34.4. The zero-order valence-electron chi connectivity index (χ0n) is 54.3. The highest BCUT2D eigenvalue weighted by molar-refractivity contribution is 8.77. The zero-order chi connectivity index (χ0) is 66.8. The van der Waals surface area contributed by atoms with Crippen LogP contribution in [-0.2, 0) is 36.4 Å². The average Bonchev–Trinajstić information content (AvgIpc) is 1.33. The molecular weight excluding hydrogens is 1230 g/mol. The van der Waals surface area contributed by atoms with Gasteiger partial charge in [0.25, 0.3) is 5.56 Å². The number of aromatic nitrogens is 2. The molecule has 3 aliphatic carbocycles. The summed E-state index contributed by atoms with van der Waals surface area (Å²) in [5, 5.41) is 15.8. The van der Waals surface area contributed by atoms with Gasteiger partial charge in [0.1, 0.15) is 26.9 Å². The third-order valence-electron chi connectivity index (χ3n) is 17.5. The number of alkyl halides is 9. The number of carbonyl (C=O) groups is 1. The second-order valence-corrected chi connectivity index (χ2v) is 29.8. The summed E-state index contributed by atoms with van der Waals surface area (Å²) in [7, 11) is 5.98. The fourth-order valence-electron chi connectivity index (χ4n) is 13.0. The number of halogens is 9. The van der Waals surface area contributed by atoms with Crippen molar-refractivity contribution < 1.29 is 74.3 Å². The summed E-state index contributed by atoms with van der Waals surface area (Å²) in [5.74, 6) is 2.61. The number of aryl methyl sites for hydroxylation is 2. The minimum atomic E-state index is -6.76. The SMILES string of the molecule is [2H]C[C@H]1O[C@@H](n2cc(CCC(=O)NCCCCCCSSC(C)(C)CCN(C)CCOc3ccc4c(c3)CCC3C4CC[C@]4(C)[C@@H](OCCCOC(C(F)(F)F)(C(F)(F)F)C(F)(F)F)CC[C@@H]34)c(=O)[nH]c2=O)C[C@@H]1OP(CCC#N)N(C(C)C)C(C)C.[3H]OC. The largest absolute Gasteiger partial charge is 0.492 e. The van der Waals surface area contributed by atoms with Gasteiger partial charge in [-0.2, -0.15) is 44.8 Å². The van der Waals surface area contributed by atoms with Crippen LogP contribution in [0.3, 0.4) is 0 Å². The van der Waals surface area contributed by atoms with Crippen LogP contribution in [0.1, 0.15) is 175 Å². The predicted molar refractivity (Wildman–Crippen MR) is 326 cm³/mol. The Bertz CT molecular complexity index is 2670. The molecule has 502 valence electrons. The summed E-state index contributed by atoms with van der Waals surface area (Å²) in [6.45, 7) is 15.8. The minimum Gasteiger partial charge on any atom is -0.492 e. The fourth-order valence-corrected chi connectivity index (χ4v) is 18.0. The van der Waals surface area contributed by atoms with Gasteiger partial charge in [0.2, 0.25) is 7.34 Å². The first-order chi connectivity index (χ1) is 42.3. The van der Waals surface area contributed by atoms with Gasteiger partial charge in [-0.25, -0.2) is 4.79 Å². The van der Waals surface area contributed by atoms with Gasteiger partial charge in [-0.3, -0.25) is 23.8 Å². The summed E-state index contributed by atoms with van der Waals surface area (Å²) in [6.07, 6.45) is -10.4. The number of hydrogen-bond acceptors (Lipinski definition) is 14. The van der Waals surface area contributed by atoms with E-state index in [1.54, 1.807) is 0 Å². The Morgan fingerprint density at radius 2 is 1.69 bits per heavy atom. The van der Waals surface area contributed by atoms with Gasteiger partial charge < -0.3 is 38.8 Å². The van der Waals surface area contributed by atoms with Crippen LogP contribution in [0, 0.1) is 28.6 Å². The molecule has 9 atom stereocenters. The van der Waals surface area contributed by atoms with E-state index in [2.05, 4.69) is 103 Å². The fraction of sp³-hybridized carbons (Fsp3) is 0.803. The lowest BCUT2D eigenvalue weighted by Crippen LogP contribution is -2.67. The highest BCUT2D eigenvalue weighted by atomic mass is 33.1. The van der Waals surface area contributed by atoms with Crippen LogP contribution in [0.5, 0.6) is 5.75 Å². The number of aliphatic hydroxyl groups excluding tert-OH is 1. The molecule has 1 aromatic heterocycles. The third kappa shape index (κ3) is 19.7. The molecule has 4 aliphatic rings. The number of ether oxygens (including phenoxy) is 4. The van der Waals surface area contributed by atoms with Crippen LogP contribution in [-0.4, -0.2) is 156 Å². The summed E-state index contributed by atoms with van der Waals surface area (Å²) in [5.41, 5.74) is -4.92. The van der Waals surface area contributed by atoms with E-state index in [-0.39, 0.29) is 78.5 Å². The smallest absolute Gasteiger partial charge is 0.435 e. The highest BCUT2D eigenvalue weighted by Crippen LogP contribution is 2.62. The average molecular weight is 1320 g/mol. The molecule has 15 nitrogen and oxygen atoms in total. The van der Waals surface area contributed by atoms with E-state index >= 15 is 0 Å². The number of carbonyl (C=O) groups excluding carboxylic acids is 1. The lowest BCUT2D eigenvalue weighted by Gasteiger charge is -2.50. The number of nitriles is 1. The quantitative estimate of drug-likeness (QED) is 0.0266. The summed E-state index contributed by atoms with van der Waals surface area (Å²) in [6, 6.07) is 8.88. The van der Waals surface area contributed by atoms with Crippen molar-refractivity contribution in [1.29, 1.82) is 6.69 Å². The molecule has 0 bridgehead atoms. The van der Waals surface area contributed by atoms with Crippen molar-refractivity contribution in [2.45, 2.75) is 230 Å². The Kier molecular flexibility index (Phi) is 27.6. The maximum absolute atomic E-state index is 13.3. The summed E-state index contributed by atoms with van der Waals surface area (Å²) < 4.78 is 166. The Morgan fingerprint density at radius 3 is 2.35 bits per heavy atom. The Hall–Kier alpha value is -3.12. The number of aromatic amines is 1. The molecule has 1 aliphatic heterocycles. The monoisotopic (exact) mass is 1320 g/mol. The molecule has 2 aromatic rings. The van der Waals surface area contributed by atoms with Gasteiger partial charge in [-0.15, -0.1) is 0 Å². The number of likely N-dealkylation sites (N-methyl/N-ethyl adjacent to an activating group) is 1. The lowest BCUT2D eigenvalue weighted by atomic mass is 9.55. The summed E-state index contributed by atoms with van der Waals surface area (Å²) >= 11 is 0. The maximum atomic E-state index is 13.3. The number of unbranched alkanes of at least 4 members (excludes halogenated alkanes) is 3. The van der Waals surface area contributed by atoms with Crippen molar-refractivity contribution >= 4 is 35.8 Å². The van der Waals surface area contributed by atoms with Crippen LogP contribution in [0.2, 0.25) is 0 Å². The molecule has 6 rings (SSSR count). The van der Waals surface area contributed by atoms with Crippen molar-refractivity contribution in [3.63, 3.8) is 0 Å². The number of hydrogen-bond donors (Lipinski definition) is 3. The molecule has 1 saturated heterocycles. The molecule has 3 fully saturated rings. The van der Waals surface area contributed by atoms with Crippen LogP contribution < -0.4 is 21.3 Å². The molecule has 27 heteroatoms. The van der Waals surface area contributed by atoms with E-state index in [1.807, 2.05) is 27.7 Å². The number of H-pyrrole nitrogens is 1. The van der Waals surface area contributed by atoms with Crippen LogP contribution in [0.4, 0.5) is 39.5 Å². The number of aliphatic hydroxyl groups is 1. The second kappa shape index (κ2) is 33.6. The number of rotatable bonds is 33. The Labute approximate surface area is 525 Å². The number of amides is 1. The van der Waals surface area contributed by atoms with E-state index in [0.717, 1.165) is 88.8 Å². The third-order valence-corrected chi connectivity index (χ3v) is 23.5. The normalized spacial score (nSPS) is 23.9. The molecule has 0 radical (unpaired) electrons. The van der Waals surface area contributed by atoms with Crippen molar-refractivity contribution in [2.24, 2.45) is 17.3 Å². The topological polar surface area (TPSA) is 181 Å². The van der Waals surface area contributed by atoms with E-state index < -0.39 is 75.1 Å². The number of nitrogens with one attached hydrogen (secondary N) is 2. The Morgan fingerprint density at radius 1 is 1.00 bits per heavy atom. The summed E-state index contributed by atoms with van der Waals surface area (Å²) in [4.78, 5) is 43.3. The molecule has 3 unspecified atom stereocenters. The van der Waals surface area contributed by atoms with Crippen LogP contribution in [0.15, 0.2) is 34.0 Å². The molecular formula is C61H94F9N6O9PS2. The first kappa shape index (κ1) is 72.3. The highest BCUT2D eigenvalue weighted by Gasteiger charge is 2.85. The van der Waals surface area contributed by atoms with Crippen LogP contribution in [0.25, 0.3) is 0 Å². The van der Waals surface area contributed by atoms with E-state index in [4.69, 9.17) is 21.5 Å². The van der Waals surface area contributed by atoms with Gasteiger partial charge in [-0.05, 0) is 179 Å². The lowest BCUT2D eigenvalue weighted by molar-refractivity contribution is -0.457. The molecule has 3 N–H and O–H groups in total. The van der Waals surface area contributed by atoms with E-state index in [1.165, 1.54) is 29.0 Å². The van der Waals surface area contributed by atoms with Gasteiger partial charge >= 0.3 is 29.8 Å². The zero-order valence-corrected chi connectivity index (χ0v) is 54.8. The van der Waals surface area contributed by atoms with Gasteiger partial charge in [0.05, 0.1) is 31.0 Å². The standard InChI is InChI=1S/C60H90F9N6O8PS2.CH4O/c1-39(2)75(40(3)4)84(34-14-27-70)83-49-37-52(82-41(49)5)74-38-43(53(77)72-54(74)78)17-23-51(76)71-28-12-10-11-13-35-85-86-55(6,7)26-29-73(9)30-33-79-44-18-20-45-42(36-44)16-19-47-46(45)24-25-56(8)48(47)21-22-50(56)80-31-15-32-81-57(58(61,62)63,59(64,65)66)60(67,68)69;1-2/h18,20,36,38-41,46-50,52H,10-17,19,21-26,28-35,37H2,1-9H3,(H,71,76)(H,72,77,78);2H,1H3/t41-,46?,47?,48+,49+,50+,52-,56+,84?;/m1./s1/i5D;2T. The van der Waals surface area contributed by atoms with Crippen molar-refractivity contribution in [3.05, 3.63) is 61.9 Å². The molecule has 2 saturated carbocycles. The number of benzene rings is 1. The molecule has 1 amide bonds. The van der Waals surface area contributed by atoms with Gasteiger partial charge in [0.15, 0.2) is 0 Å². The van der Waals surface area contributed by atoms with Gasteiger partial charge in [-0.1, -0.05) is 47.4 Å². The molecule has 1 aromatic carbocycles. The van der Waals surface area contributed by atoms with Crippen molar-refractivity contribution in [2.75, 3.05) is 65.5 Å². The van der Waals surface area contributed by atoms with Crippen LogP contribution >= 0.6 is 29.9 Å². The molecule has 2 heterocycles. The number of fused-ring (bicyclic) bond motifs is 5. The van der Waals surface area contributed by atoms with E-state index in [0.29, 0.717) is 44.0 Å². The van der Waals surface area contributed by atoms with Crippen molar-refractivity contribution in [1.82, 2.24) is 24.4 Å². The van der Waals surface area contributed by atoms with E-state index in [9.17, 15) is 59.2 Å². The second-order valence-electron chi connectivity index (χ2n) is 24.8. The molecule has 0 spiro atoms. The minimum absolute atomic E-state index is 0.0592. The predicted octanol–water partition coefficient (Wildman–Crippen LogP) is 13.4.